The second kappa shape index (κ2) is 4.57. The van der Waals surface area contributed by atoms with E-state index in [1.54, 1.807) is 10.6 Å². The number of aromatic nitrogens is 2. The van der Waals surface area contributed by atoms with Crippen LogP contribution < -0.4 is 4.90 Å². The lowest BCUT2D eigenvalue weighted by Gasteiger charge is -2.30. The van der Waals surface area contributed by atoms with Crippen molar-refractivity contribution in [2.75, 3.05) is 18.5 Å². The maximum absolute atomic E-state index is 11.5. The van der Waals surface area contributed by atoms with Gasteiger partial charge in [-0.3, -0.25) is 4.40 Å². The normalized spacial score (nSPS) is 15.4. The van der Waals surface area contributed by atoms with Crippen LogP contribution in [-0.4, -0.2) is 34.1 Å². The van der Waals surface area contributed by atoms with Crippen LogP contribution in [-0.2, 0) is 0 Å². The maximum Gasteiger partial charge on any atom is 0.356 e. The molecule has 0 saturated heterocycles. The van der Waals surface area contributed by atoms with E-state index >= 15 is 0 Å². The zero-order valence-electron chi connectivity index (χ0n) is 10.9. The topological polar surface area (TPSA) is 57.8 Å². The lowest BCUT2D eigenvalue weighted by molar-refractivity contribution is 0.0690. The summed E-state index contributed by atoms with van der Waals surface area (Å²) in [5.41, 5.74) is 0.924. The van der Waals surface area contributed by atoms with Crippen molar-refractivity contribution in [3.63, 3.8) is 0 Å². The summed E-state index contributed by atoms with van der Waals surface area (Å²) in [5, 5.41) is 9.42. The van der Waals surface area contributed by atoms with Gasteiger partial charge in [-0.2, -0.15) is 0 Å². The summed E-state index contributed by atoms with van der Waals surface area (Å²) in [6.07, 6.45) is 5.50. The second-order valence-corrected chi connectivity index (χ2v) is 5.20. The number of carboxylic acids is 1. The Morgan fingerprint density at radius 2 is 2.32 bits per heavy atom. The molecule has 0 amide bonds. The zero-order valence-corrected chi connectivity index (χ0v) is 10.9. The number of aromatic carboxylic acids is 1. The number of imidazole rings is 1. The Balaban J connectivity index is 2.01. The number of fused-ring (bicyclic) bond motifs is 1. The fraction of sp³-hybridized carbons (Fsp3) is 0.429. The molecule has 0 bridgehead atoms. The van der Waals surface area contributed by atoms with Crippen LogP contribution in [0, 0.1) is 5.92 Å². The lowest BCUT2D eigenvalue weighted by Crippen LogP contribution is -2.30. The Morgan fingerprint density at radius 3 is 2.95 bits per heavy atom. The molecular weight excluding hydrogens is 242 g/mol. The predicted molar refractivity (Wildman–Crippen MR) is 72.8 cm³/mol. The molecule has 1 aliphatic rings. The highest BCUT2D eigenvalue weighted by Gasteiger charge is 2.25. The smallest absolute Gasteiger partial charge is 0.356 e. The number of hydrogen-bond acceptors (Lipinski definition) is 3. The monoisotopic (exact) mass is 259 g/mol. The summed E-state index contributed by atoms with van der Waals surface area (Å²) < 4.78 is 1.63. The average molecular weight is 259 g/mol. The summed E-state index contributed by atoms with van der Waals surface area (Å²) in [6, 6.07) is 5.51. The number of nitrogens with zero attached hydrogens (tertiary/aromatic N) is 3. The number of carbonyl (C=O) groups is 1. The molecule has 2 aromatic heterocycles. The van der Waals surface area contributed by atoms with Crippen molar-refractivity contribution in [2.45, 2.75) is 19.3 Å². The molecule has 0 unspecified atom stereocenters. The first-order valence-electron chi connectivity index (χ1n) is 6.58. The SMILES string of the molecule is CN(CC1CCC1)c1nc2ccccn2c1C(=O)O. The Labute approximate surface area is 111 Å². The van der Waals surface area contributed by atoms with E-state index in [4.69, 9.17) is 0 Å². The van der Waals surface area contributed by atoms with Crippen LogP contribution in [0.25, 0.3) is 5.65 Å². The molecule has 19 heavy (non-hydrogen) atoms. The fourth-order valence-electron chi connectivity index (χ4n) is 2.60. The van der Waals surface area contributed by atoms with E-state index in [2.05, 4.69) is 4.98 Å². The minimum absolute atomic E-state index is 0.248. The largest absolute Gasteiger partial charge is 0.476 e. The van der Waals surface area contributed by atoms with Gasteiger partial charge in [-0.05, 0) is 30.9 Å². The highest BCUT2D eigenvalue weighted by Crippen LogP contribution is 2.29. The quantitative estimate of drug-likeness (QED) is 0.915. The van der Waals surface area contributed by atoms with Crippen molar-refractivity contribution >= 4 is 17.4 Å². The van der Waals surface area contributed by atoms with Gasteiger partial charge in [-0.25, -0.2) is 9.78 Å². The molecule has 5 nitrogen and oxygen atoms in total. The first-order chi connectivity index (χ1) is 9.16. The van der Waals surface area contributed by atoms with Crippen molar-refractivity contribution < 1.29 is 9.90 Å². The summed E-state index contributed by atoms with van der Waals surface area (Å²) in [7, 11) is 1.92. The Bertz CT molecular complexity index is 616. The predicted octanol–water partition coefficient (Wildman–Crippen LogP) is 2.27. The molecule has 2 aromatic rings. The highest BCUT2D eigenvalue weighted by molar-refractivity contribution is 5.93. The molecule has 100 valence electrons. The molecule has 1 N–H and O–H groups in total. The minimum atomic E-state index is -0.936. The molecule has 0 spiro atoms. The van der Waals surface area contributed by atoms with Gasteiger partial charge in [0.25, 0.3) is 0 Å². The van der Waals surface area contributed by atoms with Crippen LogP contribution in [0.4, 0.5) is 5.82 Å². The molecule has 0 atom stereocenters. The van der Waals surface area contributed by atoms with E-state index in [-0.39, 0.29) is 5.69 Å². The van der Waals surface area contributed by atoms with Crippen molar-refractivity contribution in [3.05, 3.63) is 30.1 Å². The van der Waals surface area contributed by atoms with Gasteiger partial charge in [0.15, 0.2) is 11.5 Å². The molecule has 1 saturated carbocycles. The standard InChI is InChI=1S/C14H17N3O2/c1-16(9-10-5-4-6-10)13-12(14(18)19)17-8-3-2-7-11(17)15-13/h2-3,7-8,10H,4-6,9H2,1H3,(H,18,19). The van der Waals surface area contributed by atoms with Crippen molar-refractivity contribution in [1.82, 2.24) is 9.38 Å². The Hall–Kier alpha value is -2.04. The Morgan fingerprint density at radius 1 is 1.53 bits per heavy atom. The third-order valence-electron chi connectivity index (χ3n) is 3.83. The third kappa shape index (κ3) is 2.05. The van der Waals surface area contributed by atoms with Crippen LogP contribution in [0.2, 0.25) is 0 Å². The van der Waals surface area contributed by atoms with E-state index in [1.165, 1.54) is 19.3 Å². The van der Waals surface area contributed by atoms with Gasteiger partial charge in [0, 0.05) is 19.8 Å². The molecule has 0 radical (unpaired) electrons. The van der Waals surface area contributed by atoms with E-state index in [0.717, 1.165) is 6.54 Å². The third-order valence-corrected chi connectivity index (χ3v) is 3.83. The molecule has 2 heterocycles. The van der Waals surface area contributed by atoms with Gasteiger partial charge in [0.05, 0.1) is 0 Å². The second-order valence-electron chi connectivity index (χ2n) is 5.20. The van der Waals surface area contributed by atoms with Gasteiger partial charge in [0.1, 0.15) is 5.65 Å². The van der Waals surface area contributed by atoms with Crippen molar-refractivity contribution in [3.8, 4) is 0 Å². The van der Waals surface area contributed by atoms with Crippen molar-refractivity contribution in [2.24, 2.45) is 5.92 Å². The molecule has 3 rings (SSSR count). The maximum atomic E-state index is 11.5. The number of hydrogen-bond donors (Lipinski definition) is 1. The molecule has 5 heteroatoms. The zero-order chi connectivity index (χ0) is 13.4. The number of rotatable bonds is 4. The number of pyridine rings is 1. The van der Waals surface area contributed by atoms with Gasteiger partial charge in [-0.1, -0.05) is 12.5 Å². The van der Waals surface area contributed by atoms with Gasteiger partial charge < -0.3 is 10.0 Å². The van der Waals surface area contributed by atoms with E-state index in [1.807, 2.05) is 30.1 Å². The first-order valence-corrected chi connectivity index (χ1v) is 6.58. The molecule has 1 fully saturated rings. The lowest BCUT2D eigenvalue weighted by atomic mass is 9.85. The van der Waals surface area contributed by atoms with Crippen LogP contribution in [0.1, 0.15) is 29.8 Å². The number of carboxylic acid groups (broad SMARTS) is 1. The fourth-order valence-corrected chi connectivity index (χ4v) is 2.60. The van der Waals surface area contributed by atoms with Crippen LogP contribution in [0.5, 0.6) is 0 Å². The highest BCUT2D eigenvalue weighted by atomic mass is 16.4. The molecular formula is C14H17N3O2. The molecule has 1 aliphatic carbocycles. The van der Waals surface area contributed by atoms with E-state index < -0.39 is 5.97 Å². The molecule has 0 aliphatic heterocycles. The summed E-state index contributed by atoms with van der Waals surface area (Å²) >= 11 is 0. The summed E-state index contributed by atoms with van der Waals surface area (Å²) in [6.45, 7) is 0.879. The minimum Gasteiger partial charge on any atom is -0.476 e. The van der Waals surface area contributed by atoms with Crippen LogP contribution in [0.3, 0.4) is 0 Å². The van der Waals surface area contributed by atoms with Gasteiger partial charge in [-0.15, -0.1) is 0 Å². The van der Waals surface area contributed by atoms with Crippen molar-refractivity contribution in [1.29, 1.82) is 0 Å². The summed E-state index contributed by atoms with van der Waals surface area (Å²) in [4.78, 5) is 17.9. The van der Waals surface area contributed by atoms with Gasteiger partial charge >= 0.3 is 5.97 Å². The molecule has 0 aromatic carbocycles. The Kier molecular flexibility index (Phi) is 2.89. The average Bonchev–Trinajstić information content (AvgIpc) is 2.72. The van der Waals surface area contributed by atoms with Crippen LogP contribution in [0.15, 0.2) is 24.4 Å². The van der Waals surface area contributed by atoms with Gasteiger partial charge in [0.2, 0.25) is 0 Å². The van der Waals surface area contributed by atoms with Crippen LogP contribution >= 0.6 is 0 Å². The number of anilines is 1. The van der Waals surface area contributed by atoms with E-state index in [0.29, 0.717) is 17.4 Å². The summed E-state index contributed by atoms with van der Waals surface area (Å²) in [5.74, 6) is 0.302. The van der Waals surface area contributed by atoms with E-state index in [9.17, 15) is 9.90 Å². The first kappa shape index (κ1) is 12.0.